The molecule has 16 heavy (non-hydrogen) atoms. The molecule has 0 aromatic heterocycles. The second-order valence-corrected chi connectivity index (χ2v) is 4.50. The van der Waals surface area contributed by atoms with Crippen LogP contribution in [0.25, 0.3) is 0 Å². The molecular formula is C13H17N3. The zero-order valence-corrected chi connectivity index (χ0v) is 9.56. The summed E-state index contributed by atoms with van der Waals surface area (Å²) < 4.78 is 0. The molecule has 0 radical (unpaired) electrons. The summed E-state index contributed by atoms with van der Waals surface area (Å²) in [5, 5.41) is 9.06. The van der Waals surface area contributed by atoms with Crippen LogP contribution in [0.3, 0.4) is 0 Å². The van der Waals surface area contributed by atoms with Crippen LogP contribution in [0.5, 0.6) is 0 Å². The number of piperidine rings is 1. The molecule has 2 atom stereocenters. The maximum Gasteiger partial charge on any atom is 0.101 e. The second kappa shape index (κ2) is 4.54. The summed E-state index contributed by atoms with van der Waals surface area (Å²) in [5.74, 6) is 0.575. The molecule has 0 bridgehead atoms. The molecule has 1 saturated heterocycles. The minimum absolute atomic E-state index is 0.209. The average Bonchev–Trinajstić information content (AvgIpc) is 2.32. The third-order valence-corrected chi connectivity index (χ3v) is 3.38. The molecule has 84 valence electrons. The van der Waals surface area contributed by atoms with E-state index in [0.29, 0.717) is 5.92 Å². The van der Waals surface area contributed by atoms with E-state index in [-0.39, 0.29) is 6.04 Å². The summed E-state index contributed by atoms with van der Waals surface area (Å²) in [7, 11) is 0. The molecular weight excluding hydrogens is 198 g/mol. The van der Waals surface area contributed by atoms with Crippen molar-refractivity contribution in [1.29, 1.82) is 5.26 Å². The monoisotopic (exact) mass is 215 g/mol. The quantitative estimate of drug-likeness (QED) is 0.776. The molecule has 2 N–H and O–H groups in total. The summed E-state index contributed by atoms with van der Waals surface area (Å²) in [6.07, 6.45) is 1.10. The highest BCUT2D eigenvalue weighted by Gasteiger charge is 2.24. The minimum atomic E-state index is 0.209. The van der Waals surface area contributed by atoms with Gasteiger partial charge >= 0.3 is 0 Å². The zero-order valence-electron chi connectivity index (χ0n) is 9.56. The number of nitrogens with zero attached hydrogens (tertiary/aromatic N) is 2. The Morgan fingerprint density at radius 3 is 2.88 bits per heavy atom. The van der Waals surface area contributed by atoms with Gasteiger partial charge in [-0.25, -0.2) is 0 Å². The van der Waals surface area contributed by atoms with Gasteiger partial charge in [0.05, 0.1) is 11.3 Å². The van der Waals surface area contributed by atoms with Gasteiger partial charge in [-0.05, 0) is 24.5 Å². The molecule has 0 aliphatic carbocycles. The lowest BCUT2D eigenvalue weighted by molar-refractivity contribution is 0.379. The highest BCUT2D eigenvalue weighted by molar-refractivity contribution is 5.59. The number of para-hydroxylation sites is 1. The molecule has 1 aromatic rings. The molecule has 0 amide bonds. The van der Waals surface area contributed by atoms with E-state index in [1.807, 2.05) is 24.3 Å². The van der Waals surface area contributed by atoms with E-state index in [1.54, 1.807) is 0 Å². The Morgan fingerprint density at radius 1 is 1.44 bits per heavy atom. The fourth-order valence-corrected chi connectivity index (χ4v) is 2.16. The molecule has 3 heteroatoms. The Labute approximate surface area is 96.5 Å². The predicted octanol–water partition coefficient (Wildman–Crippen LogP) is 1.73. The van der Waals surface area contributed by atoms with Gasteiger partial charge in [-0.1, -0.05) is 19.1 Å². The van der Waals surface area contributed by atoms with E-state index in [1.165, 1.54) is 0 Å². The lowest BCUT2D eigenvalue weighted by atomic mass is 9.93. The Kier molecular flexibility index (Phi) is 3.12. The Bertz CT molecular complexity index is 408. The number of anilines is 1. The van der Waals surface area contributed by atoms with Crippen LogP contribution in [0.2, 0.25) is 0 Å². The second-order valence-electron chi connectivity index (χ2n) is 4.50. The summed E-state index contributed by atoms with van der Waals surface area (Å²) in [4.78, 5) is 2.23. The minimum Gasteiger partial charge on any atom is -0.369 e. The van der Waals surface area contributed by atoms with Gasteiger partial charge in [0.2, 0.25) is 0 Å². The van der Waals surface area contributed by atoms with E-state index in [4.69, 9.17) is 11.0 Å². The van der Waals surface area contributed by atoms with Crippen LogP contribution < -0.4 is 10.6 Å². The average molecular weight is 215 g/mol. The lowest BCUT2D eigenvalue weighted by Gasteiger charge is -2.36. The van der Waals surface area contributed by atoms with Crippen molar-refractivity contribution >= 4 is 5.69 Å². The molecule has 3 nitrogen and oxygen atoms in total. The third kappa shape index (κ3) is 2.02. The van der Waals surface area contributed by atoms with E-state index in [0.717, 1.165) is 30.8 Å². The van der Waals surface area contributed by atoms with Crippen LogP contribution in [0, 0.1) is 17.2 Å². The van der Waals surface area contributed by atoms with Gasteiger partial charge in [0, 0.05) is 19.1 Å². The Morgan fingerprint density at radius 2 is 2.19 bits per heavy atom. The van der Waals surface area contributed by atoms with Crippen molar-refractivity contribution in [3.05, 3.63) is 29.8 Å². The normalized spacial score (nSPS) is 25.2. The number of benzene rings is 1. The summed E-state index contributed by atoms with van der Waals surface area (Å²) in [6.45, 7) is 4.03. The molecule has 2 unspecified atom stereocenters. The van der Waals surface area contributed by atoms with Crippen LogP contribution in [0.15, 0.2) is 24.3 Å². The van der Waals surface area contributed by atoms with Crippen LogP contribution in [0.4, 0.5) is 5.69 Å². The van der Waals surface area contributed by atoms with Gasteiger partial charge in [-0.3, -0.25) is 0 Å². The first-order valence-corrected chi connectivity index (χ1v) is 5.72. The number of hydrogen-bond donors (Lipinski definition) is 1. The lowest BCUT2D eigenvalue weighted by Crippen LogP contribution is -2.47. The van der Waals surface area contributed by atoms with Gasteiger partial charge in [-0.2, -0.15) is 5.26 Å². The van der Waals surface area contributed by atoms with Crippen molar-refractivity contribution in [1.82, 2.24) is 0 Å². The molecule has 0 spiro atoms. The maximum absolute atomic E-state index is 9.06. The van der Waals surface area contributed by atoms with Crippen molar-refractivity contribution < 1.29 is 0 Å². The number of rotatable bonds is 1. The first kappa shape index (κ1) is 11.0. The predicted molar refractivity (Wildman–Crippen MR) is 65.1 cm³/mol. The van der Waals surface area contributed by atoms with Gasteiger partial charge < -0.3 is 10.6 Å². The van der Waals surface area contributed by atoms with Gasteiger partial charge in [0.15, 0.2) is 0 Å². The third-order valence-electron chi connectivity index (χ3n) is 3.38. The standard InChI is InChI=1S/C13H17N3/c1-10-6-7-16(9-12(10)15)13-5-3-2-4-11(13)8-14/h2-5,10,12H,6-7,9,15H2,1H3. The van der Waals surface area contributed by atoms with Crippen molar-refractivity contribution in [2.24, 2.45) is 11.7 Å². The van der Waals surface area contributed by atoms with Gasteiger partial charge in [0.25, 0.3) is 0 Å². The highest BCUT2D eigenvalue weighted by atomic mass is 15.2. The number of nitrogens with two attached hydrogens (primary N) is 1. The maximum atomic E-state index is 9.06. The number of nitriles is 1. The fraction of sp³-hybridized carbons (Fsp3) is 0.462. The Hall–Kier alpha value is -1.53. The summed E-state index contributed by atoms with van der Waals surface area (Å²) in [5.41, 5.74) is 7.83. The first-order valence-electron chi connectivity index (χ1n) is 5.72. The molecule has 0 saturated carbocycles. The summed E-state index contributed by atoms with van der Waals surface area (Å²) in [6, 6.07) is 10.2. The van der Waals surface area contributed by atoms with Crippen LogP contribution >= 0.6 is 0 Å². The Balaban J connectivity index is 2.22. The van der Waals surface area contributed by atoms with E-state index in [2.05, 4.69) is 17.9 Å². The fourth-order valence-electron chi connectivity index (χ4n) is 2.16. The van der Waals surface area contributed by atoms with E-state index < -0.39 is 0 Å². The van der Waals surface area contributed by atoms with Crippen molar-refractivity contribution in [2.45, 2.75) is 19.4 Å². The van der Waals surface area contributed by atoms with Gasteiger partial charge in [-0.15, -0.1) is 0 Å². The molecule has 1 aliphatic heterocycles. The molecule has 1 aliphatic rings. The van der Waals surface area contributed by atoms with Crippen molar-refractivity contribution in [3.8, 4) is 6.07 Å². The largest absolute Gasteiger partial charge is 0.369 e. The highest BCUT2D eigenvalue weighted by Crippen LogP contribution is 2.25. The van der Waals surface area contributed by atoms with Gasteiger partial charge in [0.1, 0.15) is 6.07 Å². The molecule has 1 heterocycles. The topological polar surface area (TPSA) is 53.0 Å². The van der Waals surface area contributed by atoms with Crippen LogP contribution in [-0.2, 0) is 0 Å². The SMILES string of the molecule is CC1CCN(c2ccccc2C#N)CC1N. The van der Waals surface area contributed by atoms with Crippen LogP contribution in [0.1, 0.15) is 18.9 Å². The number of hydrogen-bond acceptors (Lipinski definition) is 3. The van der Waals surface area contributed by atoms with E-state index in [9.17, 15) is 0 Å². The van der Waals surface area contributed by atoms with E-state index >= 15 is 0 Å². The molecule has 1 aromatic carbocycles. The van der Waals surface area contributed by atoms with Crippen molar-refractivity contribution in [2.75, 3.05) is 18.0 Å². The van der Waals surface area contributed by atoms with Crippen LogP contribution in [-0.4, -0.2) is 19.1 Å². The smallest absolute Gasteiger partial charge is 0.101 e. The summed E-state index contributed by atoms with van der Waals surface area (Å²) >= 11 is 0. The zero-order chi connectivity index (χ0) is 11.5. The first-order chi connectivity index (χ1) is 7.72. The molecule has 2 rings (SSSR count). The molecule has 1 fully saturated rings. The van der Waals surface area contributed by atoms with Crippen molar-refractivity contribution in [3.63, 3.8) is 0 Å².